The van der Waals surface area contributed by atoms with E-state index < -0.39 is 0 Å². The van der Waals surface area contributed by atoms with Gasteiger partial charge < -0.3 is 0 Å². The van der Waals surface area contributed by atoms with Crippen molar-refractivity contribution in [3.63, 3.8) is 0 Å². The molecule has 1 atom stereocenters. The van der Waals surface area contributed by atoms with Crippen molar-refractivity contribution in [2.75, 3.05) is 13.1 Å². The number of benzene rings is 1. The molecule has 1 aromatic carbocycles. The molecule has 0 amide bonds. The first-order chi connectivity index (χ1) is 8.79. The van der Waals surface area contributed by atoms with E-state index in [1.54, 1.807) is 0 Å². The van der Waals surface area contributed by atoms with Crippen LogP contribution in [0.2, 0.25) is 5.02 Å². The molecule has 0 spiro atoms. The van der Waals surface area contributed by atoms with Crippen LogP contribution in [0.25, 0.3) is 0 Å². The summed E-state index contributed by atoms with van der Waals surface area (Å²) in [4.78, 5) is 2.55. The molecule has 0 aliphatic carbocycles. The number of terminal acetylenes is 1. The maximum absolute atomic E-state index is 5.92. The fourth-order valence-corrected chi connectivity index (χ4v) is 2.81. The van der Waals surface area contributed by atoms with Gasteiger partial charge in [0.25, 0.3) is 0 Å². The number of likely N-dealkylation sites (tertiary alicyclic amines) is 1. The van der Waals surface area contributed by atoms with E-state index in [4.69, 9.17) is 18.0 Å². The lowest BCUT2D eigenvalue weighted by Crippen LogP contribution is -2.41. The molecule has 1 fully saturated rings. The Morgan fingerprint density at radius 2 is 2.06 bits per heavy atom. The summed E-state index contributed by atoms with van der Waals surface area (Å²) in [5, 5.41) is 0.812. The Hall–Kier alpha value is -0.970. The Kier molecular flexibility index (Phi) is 5.11. The minimum absolute atomic E-state index is 0.647. The molecule has 0 N–H and O–H groups in total. The van der Waals surface area contributed by atoms with E-state index in [1.165, 1.54) is 31.4 Å². The van der Waals surface area contributed by atoms with Crippen LogP contribution in [-0.4, -0.2) is 24.0 Å². The lowest BCUT2D eigenvalue weighted by Gasteiger charge is -2.35. The standard InChI is InChI=1S/C16H20ClN/c1-2-3-11-18-12-5-4-6-16(18)13-14-7-9-15(17)10-8-14/h1,7-10,16H,3-6,11-13H2. The van der Waals surface area contributed by atoms with Gasteiger partial charge in [0.1, 0.15) is 0 Å². The van der Waals surface area contributed by atoms with Gasteiger partial charge >= 0.3 is 0 Å². The largest absolute Gasteiger partial charge is 0.299 e. The average Bonchev–Trinajstić information content (AvgIpc) is 2.40. The maximum Gasteiger partial charge on any atom is 0.0406 e. The lowest BCUT2D eigenvalue weighted by atomic mass is 9.95. The third kappa shape index (κ3) is 3.77. The Labute approximate surface area is 115 Å². The fourth-order valence-electron chi connectivity index (χ4n) is 2.69. The number of hydrogen-bond acceptors (Lipinski definition) is 1. The third-order valence-electron chi connectivity index (χ3n) is 3.68. The normalized spacial score (nSPS) is 20.6. The van der Waals surface area contributed by atoms with Gasteiger partial charge in [-0.25, -0.2) is 0 Å². The molecule has 1 nitrogen and oxygen atoms in total. The summed E-state index contributed by atoms with van der Waals surface area (Å²) in [6.07, 6.45) is 11.3. The van der Waals surface area contributed by atoms with Gasteiger partial charge in [0.2, 0.25) is 0 Å². The summed E-state index contributed by atoms with van der Waals surface area (Å²) in [5.41, 5.74) is 1.37. The van der Waals surface area contributed by atoms with Gasteiger partial charge in [0.15, 0.2) is 0 Å². The molecule has 1 saturated heterocycles. The van der Waals surface area contributed by atoms with Crippen molar-refractivity contribution in [1.82, 2.24) is 4.90 Å². The topological polar surface area (TPSA) is 3.24 Å². The average molecular weight is 262 g/mol. The van der Waals surface area contributed by atoms with Gasteiger partial charge in [-0.05, 0) is 43.5 Å². The first-order valence-corrected chi connectivity index (χ1v) is 7.09. The van der Waals surface area contributed by atoms with E-state index in [1.807, 2.05) is 12.1 Å². The highest BCUT2D eigenvalue weighted by molar-refractivity contribution is 6.30. The van der Waals surface area contributed by atoms with Crippen LogP contribution in [0.1, 0.15) is 31.2 Å². The summed E-state index contributed by atoms with van der Waals surface area (Å²) < 4.78 is 0. The highest BCUT2D eigenvalue weighted by Crippen LogP contribution is 2.21. The Bertz CT molecular complexity index is 404. The monoisotopic (exact) mass is 261 g/mol. The van der Waals surface area contributed by atoms with Crippen molar-refractivity contribution < 1.29 is 0 Å². The van der Waals surface area contributed by atoms with Crippen molar-refractivity contribution in [2.45, 2.75) is 38.1 Å². The number of piperidine rings is 1. The number of nitrogens with zero attached hydrogens (tertiary/aromatic N) is 1. The lowest BCUT2D eigenvalue weighted by molar-refractivity contribution is 0.151. The first kappa shape index (κ1) is 13.5. The molecule has 0 radical (unpaired) electrons. The van der Waals surface area contributed by atoms with E-state index in [0.29, 0.717) is 6.04 Å². The van der Waals surface area contributed by atoms with E-state index in [2.05, 4.69) is 23.0 Å². The predicted molar refractivity (Wildman–Crippen MR) is 77.8 cm³/mol. The van der Waals surface area contributed by atoms with Crippen LogP contribution >= 0.6 is 11.6 Å². The maximum atomic E-state index is 5.92. The molecule has 96 valence electrons. The Balaban J connectivity index is 1.96. The van der Waals surface area contributed by atoms with Crippen molar-refractivity contribution >= 4 is 11.6 Å². The number of halogens is 1. The van der Waals surface area contributed by atoms with Crippen LogP contribution in [0, 0.1) is 12.3 Å². The van der Waals surface area contributed by atoms with Gasteiger partial charge in [-0.15, -0.1) is 12.3 Å². The van der Waals surface area contributed by atoms with Crippen molar-refractivity contribution in [2.24, 2.45) is 0 Å². The molecular formula is C16H20ClN. The van der Waals surface area contributed by atoms with Gasteiger partial charge in [0, 0.05) is 24.0 Å². The molecule has 2 rings (SSSR count). The Morgan fingerprint density at radius 1 is 1.28 bits per heavy atom. The quantitative estimate of drug-likeness (QED) is 0.746. The van der Waals surface area contributed by atoms with Gasteiger partial charge in [-0.1, -0.05) is 30.2 Å². The van der Waals surface area contributed by atoms with Crippen LogP contribution in [-0.2, 0) is 6.42 Å². The SMILES string of the molecule is C#CCCN1CCCCC1Cc1ccc(Cl)cc1. The van der Waals surface area contributed by atoms with Crippen LogP contribution in [0.4, 0.5) is 0 Å². The fraction of sp³-hybridized carbons (Fsp3) is 0.500. The summed E-state index contributed by atoms with van der Waals surface area (Å²) in [7, 11) is 0. The summed E-state index contributed by atoms with van der Waals surface area (Å²) >= 11 is 5.92. The minimum atomic E-state index is 0.647. The smallest absolute Gasteiger partial charge is 0.0406 e. The molecule has 2 heteroatoms. The highest BCUT2D eigenvalue weighted by atomic mass is 35.5. The van der Waals surface area contributed by atoms with Crippen molar-refractivity contribution in [1.29, 1.82) is 0 Å². The number of hydrogen-bond donors (Lipinski definition) is 0. The molecule has 1 heterocycles. The Morgan fingerprint density at radius 3 is 2.78 bits per heavy atom. The molecular weight excluding hydrogens is 242 g/mol. The second kappa shape index (κ2) is 6.83. The van der Waals surface area contributed by atoms with E-state index in [9.17, 15) is 0 Å². The molecule has 18 heavy (non-hydrogen) atoms. The number of rotatable bonds is 4. The molecule has 1 aliphatic rings. The zero-order valence-corrected chi connectivity index (χ0v) is 11.5. The highest BCUT2D eigenvalue weighted by Gasteiger charge is 2.21. The second-order valence-electron chi connectivity index (χ2n) is 4.97. The molecule has 1 unspecified atom stereocenters. The van der Waals surface area contributed by atoms with Gasteiger partial charge in [-0.3, -0.25) is 4.90 Å². The minimum Gasteiger partial charge on any atom is -0.299 e. The second-order valence-corrected chi connectivity index (χ2v) is 5.41. The first-order valence-electron chi connectivity index (χ1n) is 6.71. The summed E-state index contributed by atoms with van der Waals surface area (Å²) in [6.45, 7) is 2.23. The summed E-state index contributed by atoms with van der Waals surface area (Å²) in [5.74, 6) is 2.75. The van der Waals surface area contributed by atoms with Gasteiger partial charge in [-0.2, -0.15) is 0 Å². The third-order valence-corrected chi connectivity index (χ3v) is 3.93. The zero-order chi connectivity index (χ0) is 12.8. The van der Waals surface area contributed by atoms with Gasteiger partial charge in [0.05, 0.1) is 0 Å². The summed E-state index contributed by atoms with van der Waals surface area (Å²) in [6, 6.07) is 8.87. The van der Waals surface area contributed by atoms with E-state index >= 15 is 0 Å². The molecule has 0 aromatic heterocycles. The molecule has 0 bridgehead atoms. The van der Waals surface area contributed by atoms with E-state index in [-0.39, 0.29) is 0 Å². The zero-order valence-electron chi connectivity index (χ0n) is 10.7. The van der Waals surface area contributed by atoms with Crippen molar-refractivity contribution in [3.8, 4) is 12.3 Å². The molecule has 0 saturated carbocycles. The van der Waals surface area contributed by atoms with Crippen LogP contribution in [0.15, 0.2) is 24.3 Å². The van der Waals surface area contributed by atoms with Crippen LogP contribution in [0.3, 0.4) is 0 Å². The van der Waals surface area contributed by atoms with E-state index in [0.717, 1.165) is 24.4 Å². The molecule has 1 aliphatic heterocycles. The predicted octanol–water partition coefficient (Wildman–Crippen LogP) is 3.76. The van der Waals surface area contributed by atoms with Crippen LogP contribution in [0.5, 0.6) is 0 Å². The van der Waals surface area contributed by atoms with Crippen molar-refractivity contribution in [3.05, 3.63) is 34.9 Å². The van der Waals surface area contributed by atoms with Crippen LogP contribution < -0.4 is 0 Å². The molecule has 1 aromatic rings.